The van der Waals surface area contributed by atoms with E-state index in [4.69, 9.17) is 0 Å². The number of rotatable bonds is 2. The molecule has 3 fully saturated rings. The molecular formula is C20H22N2O. The first-order chi connectivity index (χ1) is 11.1. The summed E-state index contributed by atoms with van der Waals surface area (Å²) in [4.78, 5) is 16.1. The van der Waals surface area contributed by atoms with E-state index in [0.29, 0.717) is 0 Å². The third-order valence-electron chi connectivity index (χ3n) is 6.16. The van der Waals surface area contributed by atoms with E-state index in [0.717, 1.165) is 46.2 Å². The van der Waals surface area contributed by atoms with Gasteiger partial charge >= 0.3 is 0 Å². The van der Waals surface area contributed by atoms with Gasteiger partial charge in [0.15, 0.2) is 0 Å². The van der Waals surface area contributed by atoms with Crippen LogP contribution in [0.2, 0.25) is 0 Å². The molecule has 1 amide bonds. The quantitative estimate of drug-likeness (QED) is 0.857. The highest BCUT2D eigenvalue weighted by atomic mass is 16.1. The summed E-state index contributed by atoms with van der Waals surface area (Å²) in [6, 6.07) is 4.26. The summed E-state index contributed by atoms with van der Waals surface area (Å²) in [5, 5.41) is 4.33. The second kappa shape index (κ2) is 4.50. The molecule has 1 aromatic carbocycles. The van der Waals surface area contributed by atoms with E-state index < -0.39 is 0 Å². The molecule has 0 radical (unpaired) electrons. The van der Waals surface area contributed by atoms with Crippen LogP contribution >= 0.6 is 0 Å². The molecule has 0 spiro atoms. The minimum absolute atomic E-state index is 0.0534. The Hall–Kier alpha value is -2.03. The van der Waals surface area contributed by atoms with Crippen LogP contribution in [0.4, 0.5) is 0 Å². The fourth-order valence-corrected chi connectivity index (χ4v) is 5.35. The van der Waals surface area contributed by atoms with Crippen molar-refractivity contribution in [1.29, 1.82) is 0 Å². The van der Waals surface area contributed by atoms with Crippen molar-refractivity contribution in [2.45, 2.75) is 39.5 Å². The minimum Gasteiger partial charge on any atom is -0.360 e. The number of amides is 1. The number of allylic oxidation sites excluding steroid dienone is 2. The molecule has 5 aliphatic carbocycles. The van der Waals surface area contributed by atoms with Gasteiger partial charge in [-0.3, -0.25) is 4.79 Å². The Morgan fingerprint density at radius 1 is 1.17 bits per heavy atom. The third-order valence-corrected chi connectivity index (χ3v) is 6.16. The molecule has 4 bridgehead atoms. The number of benzene rings is 1. The second-order valence-corrected chi connectivity index (χ2v) is 7.77. The number of aryl methyl sites for hydroxylation is 2. The lowest BCUT2D eigenvalue weighted by atomic mass is 9.53. The van der Waals surface area contributed by atoms with Crippen LogP contribution in [0.3, 0.4) is 0 Å². The first-order valence-electron chi connectivity index (χ1n) is 8.72. The average molecular weight is 306 g/mol. The smallest absolute Gasteiger partial charge is 0.257 e. The summed E-state index contributed by atoms with van der Waals surface area (Å²) < 4.78 is 0. The second-order valence-electron chi connectivity index (χ2n) is 7.77. The first kappa shape index (κ1) is 13.4. The highest BCUT2D eigenvalue weighted by molar-refractivity contribution is 6.08. The number of nitrogens with one attached hydrogen (secondary N) is 2. The molecule has 2 aromatic rings. The molecule has 2 atom stereocenters. The number of hydrogen-bond donors (Lipinski definition) is 2. The number of carbonyl (C=O) groups is 1. The SMILES string of the molecule is Cc1cc(C)c2c(C(=O)NC3=C4C5CC(C3)CC4C5)c[nH]c2c1. The summed E-state index contributed by atoms with van der Waals surface area (Å²) in [7, 11) is 0. The lowest BCUT2D eigenvalue weighted by Crippen LogP contribution is -2.45. The van der Waals surface area contributed by atoms with E-state index in [-0.39, 0.29) is 5.91 Å². The van der Waals surface area contributed by atoms with Crippen molar-refractivity contribution < 1.29 is 4.79 Å². The lowest BCUT2D eigenvalue weighted by Gasteiger charge is -2.53. The predicted molar refractivity (Wildman–Crippen MR) is 91.2 cm³/mol. The number of aromatic nitrogens is 1. The van der Waals surface area contributed by atoms with Crippen molar-refractivity contribution in [1.82, 2.24) is 10.3 Å². The molecule has 3 nitrogen and oxygen atoms in total. The van der Waals surface area contributed by atoms with Gasteiger partial charge in [-0.15, -0.1) is 0 Å². The first-order valence-corrected chi connectivity index (χ1v) is 8.72. The van der Waals surface area contributed by atoms with Crippen LogP contribution in [0.25, 0.3) is 10.9 Å². The maximum atomic E-state index is 12.9. The molecule has 5 aliphatic rings. The molecule has 3 heteroatoms. The summed E-state index contributed by atoms with van der Waals surface area (Å²) in [6.07, 6.45) is 7.01. The molecule has 2 unspecified atom stereocenters. The van der Waals surface area contributed by atoms with Gasteiger partial charge in [-0.25, -0.2) is 0 Å². The molecule has 1 heterocycles. The Bertz CT molecular complexity index is 859. The van der Waals surface area contributed by atoms with Gasteiger partial charge in [0.25, 0.3) is 5.91 Å². The lowest BCUT2D eigenvalue weighted by molar-refractivity contribution is 0.0922. The fraction of sp³-hybridized carbons (Fsp3) is 0.450. The zero-order chi connectivity index (χ0) is 15.7. The van der Waals surface area contributed by atoms with Gasteiger partial charge in [-0.1, -0.05) is 6.07 Å². The topological polar surface area (TPSA) is 44.9 Å². The van der Waals surface area contributed by atoms with Crippen LogP contribution in [0.5, 0.6) is 0 Å². The normalized spacial score (nSPS) is 28.2. The van der Waals surface area contributed by atoms with Crippen molar-refractivity contribution in [2.75, 3.05) is 0 Å². The van der Waals surface area contributed by atoms with Crippen LogP contribution in [-0.4, -0.2) is 10.9 Å². The number of aromatic amines is 1. The van der Waals surface area contributed by atoms with Gasteiger partial charge < -0.3 is 10.3 Å². The third kappa shape index (κ3) is 1.85. The monoisotopic (exact) mass is 306 g/mol. The molecule has 1 aromatic heterocycles. The zero-order valence-corrected chi connectivity index (χ0v) is 13.7. The van der Waals surface area contributed by atoms with Crippen molar-refractivity contribution in [2.24, 2.45) is 17.8 Å². The van der Waals surface area contributed by atoms with E-state index in [1.807, 2.05) is 6.20 Å². The van der Waals surface area contributed by atoms with Gasteiger partial charge in [-0.2, -0.15) is 0 Å². The number of H-pyrrole nitrogens is 1. The highest BCUT2D eigenvalue weighted by Gasteiger charge is 2.48. The summed E-state index contributed by atoms with van der Waals surface area (Å²) in [5.74, 6) is 2.40. The van der Waals surface area contributed by atoms with Gasteiger partial charge in [0.2, 0.25) is 0 Å². The van der Waals surface area contributed by atoms with Gasteiger partial charge in [0, 0.05) is 22.8 Å². The molecule has 0 aliphatic heterocycles. The van der Waals surface area contributed by atoms with E-state index in [9.17, 15) is 4.79 Å². The zero-order valence-electron chi connectivity index (χ0n) is 13.7. The van der Waals surface area contributed by atoms with E-state index in [1.54, 1.807) is 5.57 Å². The molecule has 0 saturated heterocycles. The van der Waals surface area contributed by atoms with Crippen molar-refractivity contribution in [3.63, 3.8) is 0 Å². The van der Waals surface area contributed by atoms with Crippen LogP contribution < -0.4 is 5.32 Å². The van der Waals surface area contributed by atoms with Crippen molar-refractivity contribution in [3.05, 3.63) is 46.3 Å². The summed E-state index contributed by atoms with van der Waals surface area (Å²) in [5.41, 5.74) is 7.04. The number of hydrogen-bond acceptors (Lipinski definition) is 1. The fourth-order valence-electron chi connectivity index (χ4n) is 5.35. The number of fused-ring (bicyclic) bond motifs is 2. The standard InChI is InChI=1S/C20H22N2O/c1-10-3-11(2)18-15(9-21-16(18)4-10)20(23)22-17-7-12-5-13-8-14(6-12)19(13)17/h3-4,9,12-14,21H,5-8H2,1-2H3,(H,22,23). The summed E-state index contributed by atoms with van der Waals surface area (Å²) >= 11 is 0. The molecular weight excluding hydrogens is 284 g/mol. The average Bonchev–Trinajstić information content (AvgIpc) is 2.90. The molecule has 2 N–H and O–H groups in total. The van der Waals surface area contributed by atoms with E-state index in [1.165, 1.54) is 30.5 Å². The highest BCUT2D eigenvalue weighted by Crippen LogP contribution is 2.58. The molecule has 23 heavy (non-hydrogen) atoms. The molecule has 3 saturated carbocycles. The van der Waals surface area contributed by atoms with Crippen molar-refractivity contribution in [3.8, 4) is 0 Å². The van der Waals surface area contributed by atoms with E-state index >= 15 is 0 Å². The Kier molecular flexibility index (Phi) is 2.62. The predicted octanol–water partition coefficient (Wildman–Crippen LogP) is 4.22. The van der Waals surface area contributed by atoms with Crippen LogP contribution in [-0.2, 0) is 0 Å². The maximum Gasteiger partial charge on any atom is 0.257 e. The maximum absolute atomic E-state index is 12.9. The Labute approximate surface area is 136 Å². The van der Waals surface area contributed by atoms with Crippen LogP contribution in [0.15, 0.2) is 29.6 Å². The Morgan fingerprint density at radius 2 is 1.96 bits per heavy atom. The van der Waals surface area contributed by atoms with Crippen LogP contribution in [0.1, 0.15) is 47.2 Å². The Balaban J connectivity index is 1.50. The largest absolute Gasteiger partial charge is 0.360 e. The molecule has 7 rings (SSSR count). The minimum atomic E-state index is 0.0534. The van der Waals surface area contributed by atoms with Gasteiger partial charge in [0.05, 0.1) is 5.56 Å². The summed E-state index contributed by atoms with van der Waals surface area (Å²) in [6.45, 7) is 4.17. The van der Waals surface area contributed by atoms with Crippen molar-refractivity contribution >= 4 is 16.8 Å². The van der Waals surface area contributed by atoms with E-state index in [2.05, 4.69) is 36.3 Å². The molecule has 118 valence electrons. The Morgan fingerprint density at radius 3 is 2.70 bits per heavy atom. The van der Waals surface area contributed by atoms with Crippen LogP contribution in [0, 0.1) is 31.6 Å². The number of carbonyl (C=O) groups excluding carboxylic acids is 1. The van der Waals surface area contributed by atoms with Gasteiger partial charge in [0.1, 0.15) is 0 Å². The van der Waals surface area contributed by atoms with Gasteiger partial charge in [-0.05, 0) is 80.1 Å².